The molecule has 0 rings (SSSR count). The minimum atomic E-state index is -0.265. The Kier molecular flexibility index (Phi) is 5.51. The molecule has 74 valence electrons. The summed E-state index contributed by atoms with van der Waals surface area (Å²) in [5.41, 5.74) is 0. The first-order valence-electron chi connectivity index (χ1n) is 4.81. The molecular formula is C10H22O2. The second-order valence-electron chi connectivity index (χ2n) is 4.20. The fourth-order valence-corrected chi connectivity index (χ4v) is 1.01. The summed E-state index contributed by atoms with van der Waals surface area (Å²) in [5.74, 6) is 0.591. The van der Waals surface area contributed by atoms with E-state index in [9.17, 15) is 10.2 Å². The van der Waals surface area contributed by atoms with Crippen molar-refractivity contribution in [2.45, 2.75) is 52.7 Å². The van der Waals surface area contributed by atoms with Crippen molar-refractivity contribution in [3.8, 4) is 0 Å². The Morgan fingerprint density at radius 2 is 1.00 bits per heavy atom. The zero-order chi connectivity index (χ0) is 9.72. The fraction of sp³-hybridized carbons (Fsp3) is 1.00. The van der Waals surface area contributed by atoms with Crippen molar-refractivity contribution in [2.24, 2.45) is 11.8 Å². The molecule has 0 aliphatic heterocycles. The van der Waals surface area contributed by atoms with E-state index in [2.05, 4.69) is 0 Å². The zero-order valence-electron chi connectivity index (χ0n) is 8.62. The van der Waals surface area contributed by atoms with Crippen molar-refractivity contribution < 1.29 is 10.2 Å². The van der Waals surface area contributed by atoms with E-state index in [0.29, 0.717) is 24.7 Å². The molecule has 0 aliphatic rings. The van der Waals surface area contributed by atoms with Gasteiger partial charge in [-0.1, -0.05) is 27.7 Å². The Morgan fingerprint density at radius 3 is 1.17 bits per heavy atom. The van der Waals surface area contributed by atoms with Gasteiger partial charge in [-0.25, -0.2) is 0 Å². The summed E-state index contributed by atoms with van der Waals surface area (Å²) in [6, 6.07) is 0. The summed E-state index contributed by atoms with van der Waals surface area (Å²) in [5, 5.41) is 18.9. The van der Waals surface area contributed by atoms with Crippen LogP contribution >= 0.6 is 0 Å². The van der Waals surface area contributed by atoms with Gasteiger partial charge in [-0.3, -0.25) is 0 Å². The highest BCUT2D eigenvalue weighted by atomic mass is 16.3. The van der Waals surface area contributed by atoms with Crippen LogP contribution < -0.4 is 0 Å². The third-order valence-corrected chi connectivity index (χ3v) is 2.30. The van der Waals surface area contributed by atoms with Gasteiger partial charge < -0.3 is 10.2 Å². The highest BCUT2D eigenvalue weighted by Gasteiger charge is 2.14. The van der Waals surface area contributed by atoms with Gasteiger partial charge in [0.25, 0.3) is 0 Å². The van der Waals surface area contributed by atoms with Crippen LogP contribution in [0.5, 0.6) is 0 Å². The second kappa shape index (κ2) is 5.55. The molecule has 0 bridgehead atoms. The van der Waals surface area contributed by atoms with Crippen LogP contribution in [0, 0.1) is 11.8 Å². The van der Waals surface area contributed by atoms with Crippen LogP contribution in [0.4, 0.5) is 0 Å². The molecule has 0 radical (unpaired) electrons. The van der Waals surface area contributed by atoms with E-state index in [1.54, 1.807) is 0 Å². The highest BCUT2D eigenvalue weighted by molar-refractivity contribution is 4.65. The summed E-state index contributed by atoms with van der Waals surface area (Å²) in [6.45, 7) is 7.97. The molecule has 0 fully saturated rings. The first kappa shape index (κ1) is 11.9. The summed E-state index contributed by atoms with van der Waals surface area (Å²) >= 11 is 0. The lowest BCUT2D eigenvalue weighted by Crippen LogP contribution is -2.20. The van der Waals surface area contributed by atoms with Crippen LogP contribution in [-0.4, -0.2) is 22.4 Å². The second-order valence-corrected chi connectivity index (χ2v) is 4.20. The van der Waals surface area contributed by atoms with Crippen molar-refractivity contribution in [1.29, 1.82) is 0 Å². The van der Waals surface area contributed by atoms with Crippen LogP contribution in [0.3, 0.4) is 0 Å². The first-order valence-corrected chi connectivity index (χ1v) is 4.81. The Labute approximate surface area is 75.6 Å². The van der Waals surface area contributed by atoms with Crippen LogP contribution in [0.1, 0.15) is 40.5 Å². The van der Waals surface area contributed by atoms with Crippen molar-refractivity contribution in [3.63, 3.8) is 0 Å². The molecule has 2 unspecified atom stereocenters. The number of rotatable bonds is 5. The lowest BCUT2D eigenvalue weighted by atomic mass is 9.96. The minimum absolute atomic E-state index is 0.265. The molecule has 0 heterocycles. The van der Waals surface area contributed by atoms with Crippen LogP contribution in [0.2, 0.25) is 0 Å². The number of aliphatic hydroxyl groups is 2. The zero-order valence-corrected chi connectivity index (χ0v) is 8.62. The maximum atomic E-state index is 9.45. The maximum absolute atomic E-state index is 9.45. The molecule has 0 saturated heterocycles. The van der Waals surface area contributed by atoms with E-state index < -0.39 is 0 Å². The Hall–Kier alpha value is -0.0800. The normalized spacial score (nSPS) is 17.0. The van der Waals surface area contributed by atoms with Gasteiger partial charge in [0.1, 0.15) is 0 Å². The maximum Gasteiger partial charge on any atom is 0.0564 e. The van der Waals surface area contributed by atoms with E-state index in [4.69, 9.17) is 0 Å². The van der Waals surface area contributed by atoms with Gasteiger partial charge in [-0.2, -0.15) is 0 Å². The average Bonchev–Trinajstić information content (AvgIpc) is 1.98. The summed E-state index contributed by atoms with van der Waals surface area (Å²) in [7, 11) is 0. The smallest absolute Gasteiger partial charge is 0.0564 e. The summed E-state index contributed by atoms with van der Waals surface area (Å²) in [6.07, 6.45) is 0.880. The third-order valence-electron chi connectivity index (χ3n) is 2.30. The summed E-state index contributed by atoms with van der Waals surface area (Å²) in [4.78, 5) is 0. The molecular weight excluding hydrogens is 152 g/mol. The molecule has 0 aromatic heterocycles. The number of hydrogen-bond acceptors (Lipinski definition) is 2. The average molecular weight is 174 g/mol. The molecule has 2 heteroatoms. The fourth-order valence-electron chi connectivity index (χ4n) is 1.01. The van der Waals surface area contributed by atoms with Crippen molar-refractivity contribution in [1.82, 2.24) is 0 Å². The highest BCUT2D eigenvalue weighted by Crippen LogP contribution is 2.13. The monoisotopic (exact) mass is 174 g/mol. The molecule has 2 N–H and O–H groups in total. The number of hydrogen-bond donors (Lipinski definition) is 2. The predicted octanol–water partition coefficient (Wildman–Crippen LogP) is 1.80. The molecule has 2 nitrogen and oxygen atoms in total. The van der Waals surface area contributed by atoms with Crippen LogP contribution in [-0.2, 0) is 0 Å². The molecule has 0 aromatic rings. The molecule has 2 atom stereocenters. The van der Waals surface area contributed by atoms with Gasteiger partial charge >= 0.3 is 0 Å². The largest absolute Gasteiger partial charge is 0.393 e. The van der Waals surface area contributed by atoms with Crippen LogP contribution in [0.25, 0.3) is 0 Å². The Balaban J connectivity index is 3.54. The van der Waals surface area contributed by atoms with Gasteiger partial charge in [0.2, 0.25) is 0 Å². The van der Waals surface area contributed by atoms with Gasteiger partial charge in [0.15, 0.2) is 0 Å². The van der Waals surface area contributed by atoms with Crippen molar-refractivity contribution in [2.75, 3.05) is 0 Å². The van der Waals surface area contributed by atoms with Crippen LogP contribution in [0.15, 0.2) is 0 Å². The van der Waals surface area contributed by atoms with E-state index in [0.717, 1.165) is 0 Å². The van der Waals surface area contributed by atoms with E-state index >= 15 is 0 Å². The quantitative estimate of drug-likeness (QED) is 0.667. The molecule has 0 saturated carbocycles. The summed E-state index contributed by atoms with van der Waals surface area (Å²) < 4.78 is 0. The van der Waals surface area contributed by atoms with Gasteiger partial charge in [0.05, 0.1) is 12.2 Å². The lowest BCUT2D eigenvalue weighted by Gasteiger charge is -2.18. The SMILES string of the molecule is CC(C)C(O)CCC(O)C(C)C. The van der Waals surface area contributed by atoms with Gasteiger partial charge in [-0.15, -0.1) is 0 Å². The first-order chi connectivity index (χ1) is 5.45. The molecule has 0 spiro atoms. The van der Waals surface area contributed by atoms with E-state index in [1.807, 2.05) is 27.7 Å². The molecule has 0 aliphatic carbocycles. The molecule has 12 heavy (non-hydrogen) atoms. The molecule has 0 aromatic carbocycles. The number of aliphatic hydroxyl groups excluding tert-OH is 2. The predicted molar refractivity (Wildman–Crippen MR) is 50.9 cm³/mol. The molecule has 0 amide bonds. The van der Waals surface area contributed by atoms with Gasteiger partial charge in [0, 0.05) is 0 Å². The van der Waals surface area contributed by atoms with Crippen molar-refractivity contribution in [3.05, 3.63) is 0 Å². The topological polar surface area (TPSA) is 40.5 Å². The minimum Gasteiger partial charge on any atom is -0.393 e. The Bertz CT molecular complexity index is 96.4. The third kappa shape index (κ3) is 4.73. The van der Waals surface area contributed by atoms with Gasteiger partial charge in [-0.05, 0) is 24.7 Å². The van der Waals surface area contributed by atoms with E-state index in [1.165, 1.54) is 0 Å². The standard InChI is InChI=1S/C10H22O2/c1-7(2)9(11)5-6-10(12)8(3)4/h7-12H,5-6H2,1-4H3. The van der Waals surface area contributed by atoms with Crippen molar-refractivity contribution >= 4 is 0 Å². The Morgan fingerprint density at radius 1 is 0.750 bits per heavy atom. The lowest BCUT2D eigenvalue weighted by molar-refractivity contribution is 0.0675. The van der Waals surface area contributed by atoms with E-state index in [-0.39, 0.29) is 12.2 Å².